The zero-order valence-corrected chi connectivity index (χ0v) is 16.2. The molecule has 3 rings (SSSR count). The van der Waals surface area contributed by atoms with E-state index in [0.717, 1.165) is 16.5 Å². The largest absolute Gasteiger partial charge is 0.347 e. The first-order chi connectivity index (χ1) is 12.8. The van der Waals surface area contributed by atoms with Crippen LogP contribution in [0.15, 0.2) is 65.7 Å². The molecule has 142 valence electrons. The topological polar surface area (TPSA) is 85.4 Å². The van der Waals surface area contributed by atoms with E-state index in [1.54, 1.807) is 24.1 Å². The first-order valence-electron chi connectivity index (χ1n) is 8.69. The number of amides is 1. The lowest BCUT2D eigenvalue weighted by atomic mass is 10.1. The molecular formula is C20H23N3O3S. The van der Waals surface area contributed by atoms with Crippen molar-refractivity contribution in [1.29, 1.82) is 0 Å². The molecule has 0 fully saturated rings. The van der Waals surface area contributed by atoms with E-state index in [9.17, 15) is 13.2 Å². The van der Waals surface area contributed by atoms with Gasteiger partial charge in [-0.2, -0.15) is 0 Å². The minimum atomic E-state index is -3.72. The number of rotatable bonds is 6. The molecule has 0 aliphatic heterocycles. The van der Waals surface area contributed by atoms with Crippen molar-refractivity contribution in [2.45, 2.75) is 30.8 Å². The third kappa shape index (κ3) is 4.20. The summed E-state index contributed by atoms with van der Waals surface area (Å²) in [4.78, 5) is 14.4. The van der Waals surface area contributed by atoms with E-state index in [-0.39, 0.29) is 16.8 Å². The molecule has 2 N–H and O–H groups in total. The standard InChI is InChI=1S/C20H23N3O3S/c1-15(16-7-9-18(10-8-16)27(21,25)26)22(2)20(24)12-14-23-13-11-17-5-3-4-6-19(17)23/h3-11,13,15H,12,14H2,1-2H3,(H2,21,25,26). The number of nitrogens with two attached hydrogens (primary N) is 1. The molecule has 0 saturated carbocycles. The molecule has 0 radical (unpaired) electrons. The van der Waals surface area contributed by atoms with Crippen LogP contribution in [0.3, 0.4) is 0 Å². The van der Waals surface area contributed by atoms with Gasteiger partial charge in [-0.25, -0.2) is 13.6 Å². The third-order valence-electron chi connectivity index (χ3n) is 4.91. The monoisotopic (exact) mass is 385 g/mol. The van der Waals surface area contributed by atoms with Crippen molar-refractivity contribution in [3.63, 3.8) is 0 Å². The van der Waals surface area contributed by atoms with Gasteiger partial charge in [-0.15, -0.1) is 0 Å². The molecule has 1 amide bonds. The maximum absolute atomic E-state index is 12.6. The third-order valence-corrected chi connectivity index (χ3v) is 5.84. The Morgan fingerprint density at radius 2 is 1.78 bits per heavy atom. The lowest BCUT2D eigenvalue weighted by Gasteiger charge is -2.25. The maximum Gasteiger partial charge on any atom is 0.238 e. The summed E-state index contributed by atoms with van der Waals surface area (Å²) in [5.74, 6) is 0.0239. The van der Waals surface area contributed by atoms with Crippen molar-refractivity contribution < 1.29 is 13.2 Å². The summed E-state index contributed by atoms with van der Waals surface area (Å²) in [6.07, 6.45) is 2.38. The fourth-order valence-electron chi connectivity index (χ4n) is 3.10. The number of aromatic nitrogens is 1. The van der Waals surface area contributed by atoms with Crippen molar-refractivity contribution in [3.8, 4) is 0 Å². The second-order valence-electron chi connectivity index (χ2n) is 6.61. The second kappa shape index (κ2) is 7.54. The highest BCUT2D eigenvalue weighted by Gasteiger charge is 2.18. The average molecular weight is 385 g/mol. The predicted octanol–water partition coefficient (Wildman–Crippen LogP) is 2.90. The van der Waals surface area contributed by atoms with E-state index in [4.69, 9.17) is 5.14 Å². The van der Waals surface area contributed by atoms with E-state index in [2.05, 4.69) is 4.57 Å². The van der Waals surface area contributed by atoms with Gasteiger partial charge in [0.2, 0.25) is 15.9 Å². The van der Waals surface area contributed by atoms with Gasteiger partial charge in [-0.05, 0) is 42.1 Å². The molecule has 27 heavy (non-hydrogen) atoms. The smallest absolute Gasteiger partial charge is 0.238 e. The van der Waals surface area contributed by atoms with Crippen LogP contribution in [0.4, 0.5) is 0 Å². The van der Waals surface area contributed by atoms with E-state index in [0.29, 0.717) is 13.0 Å². The summed E-state index contributed by atoms with van der Waals surface area (Å²) in [7, 11) is -1.96. The molecule has 0 spiro atoms. The molecule has 7 heteroatoms. The molecule has 0 aliphatic carbocycles. The summed E-state index contributed by atoms with van der Waals surface area (Å²) >= 11 is 0. The zero-order valence-electron chi connectivity index (χ0n) is 15.4. The number of sulfonamides is 1. The number of carbonyl (C=O) groups is 1. The van der Waals surface area contributed by atoms with Gasteiger partial charge in [-0.1, -0.05) is 30.3 Å². The predicted molar refractivity (Wildman–Crippen MR) is 106 cm³/mol. The number of hydrogen-bond donors (Lipinski definition) is 1. The van der Waals surface area contributed by atoms with Crippen LogP contribution in [0.25, 0.3) is 10.9 Å². The molecule has 1 aromatic heterocycles. The van der Waals surface area contributed by atoms with Gasteiger partial charge in [0.15, 0.2) is 0 Å². The Morgan fingerprint density at radius 1 is 1.11 bits per heavy atom. The van der Waals surface area contributed by atoms with Gasteiger partial charge in [0, 0.05) is 31.7 Å². The van der Waals surface area contributed by atoms with Gasteiger partial charge in [0.25, 0.3) is 0 Å². The Bertz CT molecular complexity index is 1060. The van der Waals surface area contributed by atoms with Crippen LogP contribution >= 0.6 is 0 Å². The Kier molecular flexibility index (Phi) is 5.34. The van der Waals surface area contributed by atoms with Gasteiger partial charge >= 0.3 is 0 Å². The normalized spacial score (nSPS) is 12.9. The highest BCUT2D eigenvalue weighted by molar-refractivity contribution is 7.89. The summed E-state index contributed by atoms with van der Waals surface area (Å²) in [6.45, 7) is 2.52. The maximum atomic E-state index is 12.6. The molecule has 1 atom stereocenters. The highest BCUT2D eigenvalue weighted by Crippen LogP contribution is 2.22. The number of primary sulfonamides is 1. The first kappa shape index (κ1) is 19.1. The molecule has 1 heterocycles. The Labute approximate surface area is 159 Å². The molecule has 1 unspecified atom stereocenters. The molecule has 0 saturated heterocycles. The fraction of sp³-hybridized carbons (Fsp3) is 0.250. The van der Waals surface area contributed by atoms with Crippen molar-refractivity contribution in [2.24, 2.45) is 5.14 Å². The van der Waals surface area contributed by atoms with Crippen LogP contribution in [-0.4, -0.2) is 30.8 Å². The molecule has 0 bridgehead atoms. The number of benzene rings is 2. The quantitative estimate of drug-likeness (QED) is 0.708. The minimum Gasteiger partial charge on any atom is -0.347 e. The highest BCUT2D eigenvalue weighted by atomic mass is 32.2. The van der Waals surface area contributed by atoms with Gasteiger partial charge in [0.1, 0.15) is 0 Å². The van der Waals surface area contributed by atoms with E-state index in [1.807, 2.05) is 43.5 Å². The Morgan fingerprint density at radius 3 is 2.44 bits per heavy atom. The number of para-hydroxylation sites is 1. The van der Waals surface area contributed by atoms with Crippen LogP contribution in [0.5, 0.6) is 0 Å². The SMILES string of the molecule is CC(c1ccc(S(N)(=O)=O)cc1)N(C)C(=O)CCn1ccc2ccccc21. The fourth-order valence-corrected chi connectivity index (χ4v) is 3.62. The summed E-state index contributed by atoms with van der Waals surface area (Å²) < 4.78 is 24.8. The summed E-state index contributed by atoms with van der Waals surface area (Å²) in [6, 6.07) is 16.2. The van der Waals surface area contributed by atoms with E-state index >= 15 is 0 Å². The summed E-state index contributed by atoms with van der Waals surface area (Å²) in [5, 5.41) is 6.28. The van der Waals surface area contributed by atoms with Gasteiger partial charge in [-0.3, -0.25) is 4.79 Å². The van der Waals surface area contributed by atoms with E-state index < -0.39 is 10.0 Å². The molecule has 6 nitrogen and oxygen atoms in total. The lowest BCUT2D eigenvalue weighted by Crippen LogP contribution is -2.30. The minimum absolute atomic E-state index is 0.0239. The van der Waals surface area contributed by atoms with Crippen LogP contribution < -0.4 is 5.14 Å². The van der Waals surface area contributed by atoms with Crippen LogP contribution in [-0.2, 0) is 21.4 Å². The second-order valence-corrected chi connectivity index (χ2v) is 8.17. The zero-order chi connectivity index (χ0) is 19.6. The molecule has 3 aromatic rings. The number of carbonyl (C=O) groups excluding carboxylic acids is 1. The first-order valence-corrected chi connectivity index (χ1v) is 10.2. The van der Waals surface area contributed by atoms with Crippen molar-refractivity contribution in [3.05, 3.63) is 66.4 Å². The number of nitrogens with zero attached hydrogens (tertiary/aromatic N) is 2. The molecule has 0 aliphatic rings. The van der Waals surface area contributed by atoms with E-state index in [1.165, 1.54) is 12.1 Å². The van der Waals surface area contributed by atoms with Crippen LogP contribution in [0, 0.1) is 0 Å². The van der Waals surface area contributed by atoms with Gasteiger partial charge in [0.05, 0.1) is 10.9 Å². The Balaban J connectivity index is 1.66. The van der Waals surface area contributed by atoms with Crippen LogP contribution in [0.2, 0.25) is 0 Å². The van der Waals surface area contributed by atoms with Gasteiger partial charge < -0.3 is 9.47 Å². The molecule has 2 aromatic carbocycles. The Hall–Kier alpha value is -2.64. The van der Waals surface area contributed by atoms with Crippen molar-refractivity contribution in [1.82, 2.24) is 9.47 Å². The average Bonchev–Trinajstić information content (AvgIpc) is 3.07. The number of aryl methyl sites for hydroxylation is 1. The van der Waals surface area contributed by atoms with Crippen molar-refractivity contribution in [2.75, 3.05) is 7.05 Å². The van der Waals surface area contributed by atoms with Crippen molar-refractivity contribution >= 4 is 26.8 Å². The van der Waals surface area contributed by atoms with Crippen LogP contribution in [0.1, 0.15) is 24.9 Å². The molecular weight excluding hydrogens is 362 g/mol. The lowest BCUT2D eigenvalue weighted by molar-refractivity contribution is -0.132. The number of hydrogen-bond acceptors (Lipinski definition) is 3. The summed E-state index contributed by atoms with van der Waals surface area (Å²) in [5.41, 5.74) is 1.96. The number of fused-ring (bicyclic) bond motifs is 1.